The molecule has 5 nitrogen and oxygen atoms in total. The molecule has 0 aliphatic heterocycles. The molecule has 0 radical (unpaired) electrons. The molecule has 2 N–H and O–H groups in total. The zero-order valence-corrected chi connectivity index (χ0v) is 18.8. The molecule has 2 aromatic carbocycles. The molecule has 0 saturated carbocycles. The van der Waals surface area contributed by atoms with Gasteiger partial charge in [-0.1, -0.05) is 35.3 Å². The fourth-order valence-corrected chi connectivity index (χ4v) is 4.98. The summed E-state index contributed by atoms with van der Waals surface area (Å²) in [6.45, 7) is 0.292. The van der Waals surface area contributed by atoms with E-state index < -0.39 is 22.0 Å². The fourth-order valence-electron chi connectivity index (χ4n) is 2.52. The third-order valence-electron chi connectivity index (χ3n) is 4.03. The molecule has 1 amide bonds. The maximum absolute atomic E-state index is 13.0. The lowest BCUT2D eigenvalue weighted by molar-refractivity contribution is -0.122. The smallest absolute Gasteiger partial charge is 0.242 e. The van der Waals surface area contributed by atoms with Gasteiger partial charge in [0.05, 0.1) is 5.02 Å². The first-order valence-electron chi connectivity index (χ1n) is 8.71. The van der Waals surface area contributed by atoms with Gasteiger partial charge in [-0.2, -0.15) is 16.5 Å². The molecule has 158 valence electrons. The topological polar surface area (TPSA) is 75.3 Å². The monoisotopic (exact) mass is 478 g/mol. The molecular weight excluding hydrogens is 458 g/mol. The molecule has 1 atom stereocenters. The van der Waals surface area contributed by atoms with Crippen molar-refractivity contribution >= 4 is 50.9 Å². The average Bonchev–Trinajstić information content (AvgIpc) is 2.68. The van der Waals surface area contributed by atoms with E-state index >= 15 is 0 Å². The molecule has 10 heteroatoms. The third kappa shape index (κ3) is 7.46. The Hall–Kier alpha value is -1.32. The van der Waals surface area contributed by atoms with Gasteiger partial charge in [0.15, 0.2) is 0 Å². The predicted molar refractivity (Wildman–Crippen MR) is 117 cm³/mol. The second-order valence-electron chi connectivity index (χ2n) is 6.20. The van der Waals surface area contributed by atoms with Crippen LogP contribution in [0.3, 0.4) is 0 Å². The van der Waals surface area contributed by atoms with Crippen molar-refractivity contribution in [1.82, 2.24) is 10.0 Å². The minimum absolute atomic E-state index is 0.0160. The summed E-state index contributed by atoms with van der Waals surface area (Å²) in [5.41, 5.74) is 0.860. The van der Waals surface area contributed by atoms with Gasteiger partial charge in [-0.3, -0.25) is 4.79 Å². The highest BCUT2D eigenvalue weighted by atomic mass is 35.5. The van der Waals surface area contributed by atoms with E-state index in [2.05, 4.69) is 10.0 Å². The normalized spacial score (nSPS) is 12.6. The van der Waals surface area contributed by atoms with Crippen molar-refractivity contribution in [3.05, 3.63) is 63.9 Å². The number of nitrogens with one attached hydrogen (secondary N) is 2. The molecule has 2 rings (SSSR count). The molecule has 0 aliphatic rings. The first-order valence-corrected chi connectivity index (χ1v) is 12.3. The summed E-state index contributed by atoms with van der Waals surface area (Å²) in [4.78, 5) is 12.4. The van der Waals surface area contributed by atoms with Crippen LogP contribution in [0, 0.1) is 5.82 Å². The zero-order valence-electron chi connectivity index (χ0n) is 15.6. The quantitative estimate of drug-likeness (QED) is 0.542. The zero-order chi connectivity index (χ0) is 21.4. The van der Waals surface area contributed by atoms with Crippen LogP contribution >= 0.6 is 35.0 Å². The molecular formula is C19H21Cl2FN2O3S2. The van der Waals surface area contributed by atoms with E-state index in [1.807, 2.05) is 6.26 Å². The molecule has 0 fully saturated rings. The van der Waals surface area contributed by atoms with Gasteiger partial charge in [0, 0.05) is 11.6 Å². The number of thioether (sulfide) groups is 1. The van der Waals surface area contributed by atoms with E-state index in [0.717, 1.165) is 5.56 Å². The maximum Gasteiger partial charge on any atom is 0.242 e. The highest BCUT2D eigenvalue weighted by molar-refractivity contribution is 7.98. The molecule has 0 spiro atoms. The summed E-state index contributed by atoms with van der Waals surface area (Å²) in [6, 6.07) is 9.12. The van der Waals surface area contributed by atoms with E-state index in [1.54, 1.807) is 12.1 Å². The Morgan fingerprint density at radius 3 is 2.52 bits per heavy atom. The van der Waals surface area contributed by atoms with E-state index in [0.29, 0.717) is 25.1 Å². The summed E-state index contributed by atoms with van der Waals surface area (Å²) in [5, 5.41) is 2.96. The van der Waals surface area contributed by atoms with E-state index in [4.69, 9.17) is 23.2 Å². The van der Waals surface area contributed by atoms with E-state index in [-0.39, 0.29) is 20.8 Å². The Balaban J connectivity index is 2.06. The Morgan fingerprint density at radius 2 is 1.86 bits per heavy atom. The van der Waals surface area contributed by atoms with Gasteiger partial charge in [0.25, 0.3) is 0 Å². The highest BCUT2D eigenvalue weighted by Gasteiger charge is 2.27. The van der Waals surface area contributed by atoms with Crippen molar-refractivity contribution in [2.24, 2.45) is 0 Å². The van der Waals surface area contributed by atoms with Crippen molar-refractivity contribution in [2.45, 2.75) is 23.8 Å². The Kier molecular flexibility index (Phi) is 9.23. The first kappa shape index (κ1) is 24.0. The van der Waals surface area contributed by atoms with Crippen LogP contribution in [0.2, 0.25) is 10.0 Å². The lowest BCUT2D eigenvalue weighted by Crippen LogP contribution is -2.47. The summed E-state index contributed by atoms with van der Waals surface area (Å²) < 4.78 is 40.8. The van der Waals surface area contributed by atoms with Crippen LogP contribution in [0.25, 0.3) is 0 Å². The molecule has 0 aromatic heterocycles. The van der Waals surface area contributed by atoms with Gasteiger partial charge < -0.3 is 5.32 Å². The number of sulfonamides is 1. The van der Waals surface area contributed by atoms with Crippen molar-refractivity contribution in [1.29, 1.82) is 0 Å². The van der Waals surface area contributed by atoms with Gasteiger partial charge in [-0.05, 0) is 60.7 Å². The van der Waals surface area contributed by atoms with Crippen LogP contribution < -0.4 is 10.0 Å². The van der Waals surface area contributed by atoms with Gasteiger partial charge in [-0.15, -0.1) is 0 Å². The van der Waals surface area contributed by atoms with Gasteiger partial charge >= 0.3 is 0 Å². The summed E-state index contributed by atoms with van der Waals surface area (Å²) in [6.07, 6.45) is 2.67. The van der Waals surface area contributed by atoms with Crippen LogP contribution in [-0.2, 0) is 21.2 Å². The molecule has 29 heavy (non-hydrogen) atoms. The number of carbonyl (C=O) groups excluding carboxylic acids is 1. The fraction of sp³-hybridized carbons (Fsp3) is 0.316. The minimum atomic E-state index is -4.05. The Bertz CT molecular complexity index is 941. The van der Waals surface area contributed by atoms with Gasteiger partial charge in [0.1, 0.15) is 16.8 Å². The number of benzene rings is 2. The second kappa shape index (κ2) is 11.2. The maximum atomic E-state index is 13.0. The number of amides is 1. The van der Waals surface area contributed by atoms with Gasteiger partial charge in [0.2, 0.25) is 15.9 Å². The lowest BCUT2D eigenvalue weighted by atomic mass is 10.1. The van der Waals surface area contributed by atoms with Crippen LogP contribution in [0.4, 0.5) is 4.39 Å². The molecule has 2 aromatic rings. The number of carbonyl (C=O) groups is 1. The van der Waals surface area contributed by atoms with Crippen molar-refractivity contribution in [3.63, 3.8) is 0 Å². The Morgan fingerprint density at radius 1 is 1.17 bits per heavy atom. The highest BCUT2D eigenvalue weighted by Crippen LogP contribution is 2.25. The summed E-state index contributed by atoms with van der Waals surface area (Å²) >= 11 is 13.4. The molecule has 1 unspecified atom stereocenters. The number of rotatable bonds is 10. The minimum Gasteiger partial charge on any atom is -0.354 e. The van der Waals surface area contributed by atoms with Crippen LogP contribution in [0.15, 0.2) is 47.4 Å². The van der Waals surface area contributed by atoms with Crippen molar-refractivity contribution in [3.8, 4) is 0 Å². The summed E-state index contributed by atoms with van der Waals surface area (Å²) in [7, 11) is -4.05. The molecule has 0 bridgehead atoms. The molecule has 0 saturated heterocycles. The third-order valence-corrected chi connectivity index (χ3v) is 6.87. The standard InChI is InChI=1S/C19H21Cl2FN2O3S2/c1-28-11-9-17(19(25)23-10-8-13-2-5-15(22)6-3-13)24-29(26,27)18-12-14(20)4-7-16(18)21/h2-7,12,17,24H,8-11H2,1H3,(H,23,25). The SMILES string of the molecule is CSCCC(NS(=O)(=O)c1cc(Cl)ccc1Cl)C(=O)NCCc1ccc(F)cc1. The van der Waals surface area contributed by atoms with Crippen LogP contribution in [0.5, 0.6) is 0 Å². The number of hydrogen-bond acceptors (Lipinski definition) is 4. The van der Waals surface area contributed by atoms with E-state index in [9.17, 15) is 17.6 Å². The predicted octanol–water partition coefficient (Wildman–Crippen LogP) is 3.89. The molecule has 0 heterocycles. The Labute approximate surface area is 184 Å². The second-order valence-corrected chi connectivity index (χ2v) is 9.71. The number of hydrogen-bond donors (Lipinski definition) is 2. The average molecular weight is 479 g/mol. The summed E-state index contributed by atoms with van der Waals surface area (Å²) in [5.74, 6) is -0.186. The lowest BCUT2D eigenvalue weighted by Gasteiger charge is -2.19. The van der Waals surface area contributed by atoms with Gasteiger partial charge in [-0.25, -0.2) is 12.8 Å². The largest absolute Gasteiger partial charge is 0.354 e. The van der Waals surface area contributed by atoms with Crippen LogP contribution in [0.1, 0.15) is 12.0 Å². The van der Waals surface area contributed by atoms with Crippen molar-refractivity contribution < 1.29 is 17.6 Å². The van der Waals surface area contributed by atoms with E-state index in [1.165, 1.54) is 42.1 Å². The molecule has 0 aliphatic carbocycles. The van der Waals surface area contributed by atoms with Crippen molar-refractivity contribution in [2.75, 3.05) is 18.6 Å². The van der Waals surface area contributed by atoms with Crippen LogP contribution in [-0.4, -0.2) is 38.9 Å². The number of halogens is 3. The first-order chi connectivity index (χ1) is 13.7.